The molecule has 0 unspecified atom stereocenters. The van der Waals surface area contributed by atoms with Crippen molar-refractivity contribution < 1.29 is 61.9 Å². The summed E-state index contributed by atoms with van der Waals surface area (Å²) >= 11 is 0. The zero-order valence-electron chi connectivity index (χ0n) is 16.9. The Balaban J connectivity index is -0.00000312. The van der Waals surface area contributed by atoms with E-state index in [9.17, 15) is 22.8 Å². The van der Waals surface area contributed by atoms with E-state index in [0.29, 0.717) is 0 Å². The van der Waals surface area contributed by atoms with E-state index in [1.807, 2.05) is 0 Å². The predicted molar refractivity (Wildman–Crippen MR) is 92.8 cm³/mol. The fourth-order valence-electron chi connectivity index (χ4n) is 1.46. The Morgan fingerprint density at radius 3 is 1.78 bits per heavy atom. The van der Waals surface area contributed by atoms with E-state index in [2.05, 4.69) is 13.2 Å². The zero-order valence-corrected chi connectivity index (χ0v) is 16.7. The quantitative estimate of drug-likeness (QED) is 0.100. The summed E-state index contributed by atoms with van der Waals surface area (Å²) in [5.74, 6) is -3.69. The molecule has 0 aliphatic heterocycles. The summed E-state index contributed by atoms with van der Waals surface area (Å²) in [6, 6.07) is 0. The van der Waals surface area contributed by atoms with Gasteiger partial charge in [0, 0.05) is 11.1 Å². The number of carbonyl (C=O) groups excluding carboxylic acids is 3. The van der Waals surface area contributed by atoms with Crippen molar-refractivity contribution in [2.24, 2.45) is 5.92 Å². The number of rotatable bonds is 12. The normalized spacial score (nSPS) is 10.5. The van der Waals surface area contributed by atoms with E-state index in [4.69, 9.17) is 18.8 Å². The number of hydrogen-bond acceptors (Lipinski definition) is 8. The third kappa shape index (κ3) is 14.2. The molecule has 0 atom stereocenters. The maximum atomic E-state index is 12.1. The van der Waals surface area contributed by atoms with Crippen molar-refractivity contribution >= 4 is 28.0 Å². The number of hydrogen-bond donors (Lipinski definition) is 1. The first-order valence-corrected chi connectivity index (χ1v) is 9.32. The molecule has 0 aliphatic carbocycles. The topological polar surface area (TPSA) is 133 Å². The van der Waals surface area contributed by atoms with Crippen molar-refractivity contribution in [1.82, 2.24) is 0 Å². The Labute approximate surface area is 172 Å². The van der Waals surface area contributed by atoms with E-state index in [-0.39, 0.29) is 64.1 Å². The molecule has 0 saturated carbocycles. The van der Waals surface area contributed by atoms with Gasteiger partial charge in [0.2, 0.25) is 0 Å². The van der Waals surface area contributed by atoms with Crippen molar-refractivity contribution in [2.45, 2.75) is 26.7 Å². The van der Waals surface area contributed by atoms with E-state index in [1.54, 1.807) is 0 Å². The number of ether oxygens (including phenoxy) is 3. The van der Waals surface area contributed by atoms with Crippen LogP contribution in [0.25, 0.3) is 0 Å². The summed E-state index contributed by atoms with van der Waals surface area (Å²) in [7, 11) is -4.07. The minimum atomic E-state index is -4.07. The molecule has 11 heteroatoms. The Bertz CT molecular complexity index is 631. The molecule has 0 amide bonds. The minimum Gasteiger partial charge on any atom is -1.00 e. The SMILES string of the molecule is C=C(C)C(=O)OCC(COC(=O)C(=C)C)C(=O)OCCCCS(=O)(=O)O.[H-].[Li+]. The van der Waals surface area contributed by atoms with Crippen molar-refractivity contribution in [1.29, 1.82) is 0 Å². The van der Waals surface area contributed by atoms with Crippen LogP contribution in [0.3, 0.4) is 0 Å². The molecule has 0 heterocycles. The minimum absolute atomic E-state index is 0. The molecule has 0 aromatic carbocycles. The summed E-state index contributed by atoms with van der Waals surface area (Å²) in [4.78, 5) is 34.9. The van der Waals surface area contributed by atoms with Gasteiger partial charge >= 0.3 is 36.8 Å². The van der Waals surface area contributed by atoms with Crippen LogP contribution in [0.1, 0.15) is 28.1 Å². The summed E-state index contributed by atoms with van der Waals surface area (Å²) in [6.07, 6.45) is 0.307. The smallest absolute Gasteiger partial charge is 1.00 e. The fraction of sp³-hybridized carbons (Fsp3) is 0.562. The molecule has 0 aliphatic rings. The summed E-state index contributed by atoms with van der Waals surface area (Å²) in [5.41, 5.74) is 0.280. The molecule has 0 fully saturated rings. The van der Waals surface area contributed by atoms with E-state index >= 15 is 0 Å². The van der Waals surface area contributed by atoms with E-state index in [0.717, 1.165) is 0 Å². The van der Waals surface area contributed by atoms with Crippen LogP contribution >= 0.6 is 0 Å². The van der Waals surface area contributed by atoms with Gasteiger partial charge in [0.05, 0.1) is 12.4 Å². The molecular weight excluding hydrogens is 375 g/mol. The Morgan fingerprint density at radius 2 is 1.41 bits per heavy atom. The third-order valence-electron chi connectivity index (χ3n) is 2.90. The third-order valence-corrected chi connectivity index (χ3v) is 3.71. The van der Waals surface area contributed by atoms with Gasteiger partial charge in [-0.05, 0) is 26.7 Å². The van der Waals surface area contributed by atoms with Crippen LogP contribution in [-0.4, -0.2) is 56.5 Å². The van der Waals surface area contributed by atoms with Gasteiger partial charge in [-0.2, -0.15) is 8.42 Å². The van der Waals surface area contributed by atoms with Gasteiger partial charge in [0.15, 0.2) is 0 Å². The second kappa shape index (κ2) is 13.5. The molecule has 0 aromatic heterocycles. The number of carbonyl (C=O) groups is 3. The molecular formula is C16H25LiO9S. The molecule has 0 rings (SSSR count). The van der Waals surface area contributed by atoms with Crippen LogP contribution in [0.2, 0.25) is 0 Å². The van der Waals surface area contributed by atoms with Crippen molar-refractivity contribution in [3.05, 3.63) is 24.3 Å². The maximum Gasteiger partial charge on any atom is 1.00 e. The van der Waals surface area contributed by atoms with Crippen LogP contribution < -0.4 is 18.9 Å². The van der Waals surface area contributed by atoms with Crippen LogP contribution in [0.5, 0.6) is 0 Å². The maximum absolute atomic E-state index is 12.1. The molecule has 9 nitrogen and oxygen atoms in total. The Morgan fingerprint density at radius 1 is 0.963 bits per heavy atom. The molecule has 27 heavy (non-hydrogen) atoms. The molecule has 150 valence electrons. The van der Waals surface area contributed by atoms with Crippen molar-refractivity contribution in [3.63, 3.8) is 0 Å². The van der Waals surface area contributed by atoms with Crippen LogP contribution in [0.4, 0.5) is 0 Å². The average molecular weight is 400 g/mol. The fourth-order valence-corrected chi connectivity index (χ4v) is 2.03. The molecule has 0 spiro atoms. The first kappa shape index (κ1) is 27.6. The van der Waals surface area contributed by atoms with Crippen molar-refractivity contribution in [3.8, 4) is 0 Å². The Kier molecular flexibility index (Phi) is 13.9. The van der Waals surface area contributed by atoms with Crippen LogP contribution in [0, 0.1) is 5.92 Å². The van der Waals surface area contributed by atoms with Crippen LogP contribution in [-0.2, 0) is 38.7 Å². The van der Waals surface area contributed by atoms with Gasteiger partial charge in [-0.1, -0.05) is 13.2 Å². The molecule has 0 bridgehead atoms. The van der Waals surface area contributed by atoms with Gasteiger partial charge < -0.3 is 15.6 Å². The molecule has 0 radical (unpaired) electrons. The predicted octanol–water partition coefficient (Wildman–Crippen LogP) is -1.83. The summed E-state index contributed by atoms with van der Waals surface area (Å²) < 4.78 is 44.5. The van der Waals surface area contributed by atoms with Gasteiger partial charge in [-0.3, -0.25) is 9.35 Å². The van der Waals surface area contributed by atoms with Crippen molar-refractivity contribution in [2.75, 3.05) is 25.6 Å². The molecule has 0 saturated heterocycles. The number of esters is 3. The van der Waals surface area contributed by atoms with Gasteiger partial charge in [0.1, 0.15) is 19.1 Å². The Hall–Kier alpha value is -1.60. The first-order valence-electron chi connectivity index (χ1n) is 7.71. The van der Waals surface area contributed by atoms with E-state index < -0.39 is 39.7 Å². The number of unbranched alkanes of at least 4 members (excludes halogenated alkanes) is 1. The van der Waals surface area contributed by atoms with Crippen LogP contribution in [0.15, 0.2) is 24.3 Å². The molecule has 1 N–H and O–H groups in total. The van der Waals surface area contributed by atoms with E-state index in [1.165, 1.54) is 13.8 Å². The van der Waals surface area contributed by atoms with Gasteiger partial charge in [-0.25, -0.2) is 9.59 Å². The second-order valence-electron chi connectivity index (χ2n) is 5.62. The standard InChI is InChI=1S/C16H24O9S.Li.H/c1-11(2)14(17)24-9-13(10-25-15(18)12(3)4)16(19)23-7-5-6-8-26(20,21)22;;/h13H,1,3,5-10H2,2,4H3,(H,20,21,22);;/q;+1;-1. The average Bonchev–Trinajstić information content (AvgIpc) is 2.52. The van der Waals surface area contributed by atoms with Gasteiger partial charge in [-0.15, -0.1) is 0 Å². The zero-order chi connectivity index (χ0) is 20.3. The summed E-state index contributed by atoms with van der Waals surface area (Å²) in [6.45, 7) is 8.83. The largest absolute Gasteiger partial charge is 1.00 e. The summed E-state index contributed by atoms with van der Waals surface area (Å²) in [5, 5.41) is 0. The second-order valence-corrected chi connectivity index (χ2v) is 7.19. The monoisotopic (exact) mass is 400 g/mol. The van der Waals surface area contributed by atoms with Gasteiger partial charge in [0.25, 0.3) is 10.1 Å². The first-order chi connectivity index (χ1) is 11.9. The molecule has 0 aromatic rings.